The van der Waals surface area contributed by atoms with Crippen LogP contribution < -0.4 is 10.6 Å². The van der Waals surface area contributed by atoms with Crippen LogP contribution in [0.4, 0.5) is 24.0 Å². The largest absolute Gasteiger partial charge is 0.416 e. The number of hydrogen-bond donors (Lipinski definition) is 2. The Morgan fingerprint density at radius 3 is 2.48 bits per heavy atom. The number of nitrogens with zero attached hydrogens (tertiary/aromatic N) is 2. The van der Waals surface area contributed by atoms with Crippen molar-refractivity contribution in [3.05, 3.63) is 51.7 Å². The SMILES string of the molecule is Cc1csc(C(=O)Nc2nnc(SCC(=O)Nc3ccc(C(F)(F)F)cc3)s2)c1. The van der Waals surface area contributed by atoms with Gasteiger partial charge in [-0.3, -0.25) is 14.9 Å². The molecule has 0 radical (unpaired) electrons. The molecule has 12 heteroatoms. The summed E-state index contributed by atoms with van der Waals surface area (Å²) in [6.07, 6.45) is -4.42. The van der Waals surface area contributed by atoms with Gasteiger partial charge in [0.05, 0.1) is 16.2 Å². The first-order valence-electron chi connectivity index (χ1n) is 8.00. The van der Waals surface area contributed by atoms with Crippen LogP contribution in [0.5, 0.6) is 0 Å². The van der Waals surface area contributed by atoms with E-state index in [1.807, 2.05) is 12.3 Å². The first-order valence-corrected chi connectivity index (χ1v) is 10.7. The summed E-state index contributed by atoms with van der Waals surface area (Å²) < 4.78 is 38.1. The summed E-state index contributed by atoms with van der Waals surface area (Å²) in [6.45, 7) is 1.89. The van der Waals surface area contributed by atoms with Gasteiger partial charge >= 0.3 is 6.18 Å². The fraction of sp³-hybridized carbons (Fsp3) is 0.176. The zero-order valence-corrected chi connectivity index (χ0v) is 17.2. The van der Waals surface area contributed by atoms with Crippen molar-refractivity contribution in [2.24, 2.45) is 0 Å². The first kappa shape index (κ1) is 21.3. The lowest BCUT2D eigenvalue weighted by atomic mass is 10.2. The number of nitrogens with one attached hydrogen (secondary N) is 2. The highest BCUT2D eigenvalue weighted by Gasteiger charge is 2.30. The summed E-state index contributed by atoms with van der Waals surface area (Å²) >= 11 is 3.56. The Bertz CT molecular complexity index is 1020. The van der Waals surface area contributed by atoms with Gasteiger partial charge in [0.1, 0.15) is 0 Å². The minimum Gasteiger partial charge on any atom is -0.325 e. The van der Waals surface area contributed by atoms with Gasteiger partial charge in [0.2, 0.25) is 11.0 Å². The lowest BCUT2D eigenvalue weighted by Crippen LogP contribution is -2.14. The van der Waals surface area contributed by atoms with Gasteiger partial charge in [0.25, 0.3) is 5.91 Å². The number of anilines is 2. The van der Waals surface area contributed by atoms with Crippen LogP contribution in [-0.2, 0) is 11.0 Å². The highest BCUT2D eigenvalue weighted by molar-refractivity contribution is 8.01. The third-order valence-corrected chi connectivity index (χ3v) is 6.42. The molecular formula is C17H13F3N4O2S3. The lowest BCUT2D eigenvalue weighted by Gasteiger charge is -2.08. The Balaban J connectivity index is 1.49. The second kappa shape index (κ2) is 8.93. The molecule has 2 N–H and O–H groups in total. The Labute approximate surface area is 175 Å². The van der Waals surface area contributed by atoms with Crippen molar-refractivity contribution in [3.63, 3.8) is 0 Å². The maximum Gasteiger partial charge on any atom is 0.416 e. The molecule has 0 aliphatic rings. The normalized spacial score (nSPS) is 11.3. The van der Waals surface area contributed by atoms with Gasteiger partial charge in [-0.25, -0.2) is 0 Å². The molecule has 2 aromatic heterocycles. The lowest BCUT2D eigenvalue weighted by molar-refractivity contribution is -0.137. The number of alkyl halides is 3. The fourth-order valence-corrected chi connectivity index (χ4v) is 4.43. The highest BCUT2D eigenvalue weighted by Crippen LogP contribution is 2.30. The second-order valence-electron chi connectivity index (χ2n) is 5.73. The summed E-state index contributed by atoms with van der Waals surface area (Å²) in [5.74, 6) is -0.686. The van der Waals surface area contributed by atoms with Crippen LogP contribution in [0.25, 0.3) is 0 Å². The number of aryl methyl sites for hydroxylation is 1. The van der Waals surface area contributed by atoms with Crippen LogP contribution in [0, 0.1) is 6.92 Å². The molecule has 1 aromatic carbocycles. The molecule has 0 spiro atoms. The van der Waals surface area contributed by atoms with Crippen LogP contribution in [0.3, 0.4) is 0 Å². The molecule has 0 saturated heterocycles. The predicted molar refractivity (Wildman–Crippen MR) is 108 cm³/mol. The van der Waals surface area contributed by atoms with Crippen molar-refractivity contribution in [2.75, 3.05) is 16.4 Å². The summed E-state index contributed by atoms with van der Waals surface area (Å²) in [5.41, 5.74) is 0.471. The van der Waals surface area contributed by atoms with Gasteiger partial charge in [-0.05, 0) is 48.2 Å². The molecule has 6 nitrogen and oxygen atoms in total. The van der Waals surface area contributed by atoms with Crippen LogP contribution >= 0.6 is 34.4 Å². The van der Waals surface area contributed by atoms with E-state index < -0.39 is 17.6 Å². The molecule has 0 fully saturated rings. The van der Waals surface area contributed by atoms with E-state index in [1.54, 1.807) is 6.07 Å². The molecule has 3 rings (SSSR count). The molecule has 2 amide bonds. The van der Waals surface area contributed by atoms with E-state index in [4.69, 9.17) is 0 Å². The molecule has 2 heterocycles. The number of hydrogen-bond acceptors (Lipinski definition) is 7. The average molecular weight is 459 g/mol. The van der Waals surface area contributed by atoms with Gasteiger partial charge < -0.3 is 5.32 Å². The summed E-state index contributed by atoms with van der Waals surface area (Å²) in [7, 11) is 0. The van der Waals surface area contributed by atoms with Crippen LogP contribution in [0.15, 0.2) is 40.1 Å². The molecule has 29 heavy (non-hydrogen) atoms. The number of carbonyl (C=O) groups excluding carboxylic acids is 2. The molecule has 0 saturated carbocycles. The van der Waals surface area contributed by atoms with E-state index in [0.717, 1.165) is 40.8 Å². The van der Waals surface area contributed by atoms with Crippen molar-refractivity contribution >= 4 is 57.1 Å². The summed E-state index contributed by atoms with van der Waals surface area (Å²) in [6, 6.07) is 5.95. The maximum atomic E-state index is 12.5. The average Bonchev–Trinajstić information content (AvgIpc) is 3.28. The number of aromatic nitrogens is 2. The van der Waals surface area contributed by atoms with Gasteiger partial charge in [-0.15, -0.1) is 21.5 Å². The monoisotopic (exact) mass is 458 g/mol. The number of halogens is 3. The fourth-order valence-electron chi connectivity index (χ4n) is 2.09. The third kappa shape index (κ3) is 6.02. The highest BCUT2D eigenvalue weighted by atomic mass is 32.2. The van der Waals surface area contributed by atoms with E-state index in [0.29, 0.717) is 14.3 Å². The Kier molecular flexibility index (Phi) is 6.55. The molecule has 0 unspecified atom stereocenters. The van der Waals surface area contributed by atoms with Crippen molar-refractivity contribution in [1.82, 2.24) is 10.2 Å². The molecule has 0 aliphatic carbocycles. The Morgan fingerprint density at radius 1 is 1.14 bits per heavy atom. The molecule has 0 aliphatic heterocycles. The van der Waals surface area contributed by atoms with Gasteiger partial charge in [0.15, 0.2) is 4.34 Å². The third-order valence-electron chi connectivity index (χ3n) is 3.40. The first-order chi connectivity index (χ1) is 13.7. The zero-order chi connectivity index (χ0) is 21.0. The number of thioether (sulfide) groups is 1. The van der Waals surface area contributed by atoms with Crippen LogP contribution in [0.1, 0.15) is 20.8 Å². The summed E-state index contributed by atoms with van der Waals surface area (Å²) in [5, 5.41) is 15.1. The number of rotatable bonds is 6. The molecule has 0 atom stereocenters. The number of carbonyl (C=O) groups is 2. The minimum absolute atomic E-state index is 0.00623. The van der Waals surface area contributed by atoms with Crippen molar-refractivity contribution in [2.45, 2.75) is 17.4 Å². The molecule has 3 aromatic rings. The zero-order valence-electron chi connectivity index (χ0n) is 14.7. The van der Waals surface area contributed by atoms with Crippen molar-refractivity contribution in [1.29, 1.82) is 0 Å². The van der Waals surface area contributed by atoms with E-state index in [1.165, 1.54) is 23.5 Å². The predicted octanol–water partition coefficient (Wildman–Crippen LogP) is 4.91. The van der Waals surface area contributed by atoms with E-state index in [-0.39, 0.29) is 17.3 Å². The smallest absolute Gasteiger partial charge is 0.325 e. The van der Waals surface area contributed by atoms with Crippen molar-refractivity contribution < 1.29 is 22.8 Å². The minimum atomic E-state index is -4.42. The van der Waals surface area contributed by atoms with Gasteiger partial charge in [0, 0.05) is 5.69 Å². The van der Waals surface area contributed by atoms with Gasteiger partial charge in [-0.1, -0.05) is 23.1 Å². The standard InChI is InChI=1S/C17H13F3N4O2S3/c1-9-6-12(27-7-9)14(26)22-15-23-24-16(29-15)28-8-13(25)21-11-4-2-10(3-5-11)17(18,19)20/h2-7H,8H2,1H3,(H,21,25)(H,22,23,26). The second-order valence-corrected chi connectivity index (χ2v) is 8.84. The van der Waals surface area contributed by atoms with E-state index in [2.05, 4.69) is 20.8 Å². The van der Waals surface area contributed by atoms with Crippen molar-refractivity contribution in [3.8, 4) is 0 Å². The quantitative estimate of drug-likeness (QED) is 0.405. The number of benzene rings is 1. The number of thiophene rings is 1. The molecular weight excluding hydrogens is 445 g/mol. The van der Waals surface area contributed by atoms with E-state index in [9.17, 15) is 22.8 Å². The summed E-state index contributed by atoms with van der Waals surface area (Å²) in [4.78, 5) is 24.6. The van der Waals surface area contributed by atoms with Crippen LogP contribution in [-0.4, -0.2) is 27.8 Å². The molecule has 0 bridgehead atoms. The van der Waals surface area contributed by atoms with Gasteiger partial charge in [-0.2, -0.15) is 13.2 Å². The number of amides is 2. The Morgan fingerprint density at radius 2 is 1.86 bits per heavy atom. The van der Waals surface area contributed by atoms with Crippen LogP contribution in [0.2, 0.25) is 0 Å². The maximum absolute atomic E-state index is 12.5. The topological polar surface area (TPSA) is 84.0 Å². The Hall–Kier alpha value is -2.44. The van der Waals surface area contributed by atoms with E-state index >= 15 is 0 Å². The molecule has 152 valence electrons.